The largest absolute Gasteiger partial charge is 0.340 e. The Kier molecular flexibility index (Phi) is 4.53. The Bertz CT molecular complexity index is 650. The van der Waals surface area contributed by atoms with E-state index in [4.69, 9.17) is 11.6 Å². The highest BCUT2D eigenvalue weighted by molar-refractivity contribution is 6.33. The standard InChI is InChI=1S/C16H17ClN4O/c17-13-6-1-2-7-14(13)20-15(22)12-5-3-10-21(11-12)16-18-8-4-9-19-16/h1-2,4,6-9,12H,3,5,10-11H2,(H,20,22)/t12-/m1/s1. The first-order chi connectivity index (χ1) is 10.7. The lowest BCUT2D eigenvalue weighted by Crippen LogP contribution is -2.41. The Morgan fingerprint density at radius 1 is 1.23 bits per heavy atom. The van der Waals surface area contributed by atoms with Crippen LogP contribution in [-0.2, 0) is 4.79 Å². The van der Waals surface area contributed by atoms with Crippen LogP contribution in [0.15, 0.2) is 42.7 Å². The first-order valence-corrected chi connectivity index (χ1v) is 7.69. The molecule has 22 heavy (non-hydrogen) atoms. The number of hydrogen-bond acceptors (Lipinski definition) is 4. The molecule has 1 aliphatic heterocycles. The molecule has 1 aliphatic rings. The van der Waals surface area contributed by atoms with Gasteiger partial charge in [-0.05, 0) is 31.0 Å². The summed E-state index contributed by atoms with van der Waals surface area (Å²) in [7, 11) is 0. The Morgan fingerprint density at radius 3 is 2.77 bits per heavy atom. The van der Waals surface area contributed by atoms with E-state index < -0.39 is 0 Å². The Morgan fingerprint density at radius 2 is 2.00 bits per heavy atom. The summed E-state index contributed by atoms with van der Waals surface area (Å²) in [5.41, 5.74) is 0.655. The third kappa shape index (κ3) is 3.36. The lowest BCUT2D eigenvalue weighted by Gasteiger charge is -2.31. The smallest absolute Gasteiger partial charge is 0.229 e. The lowest BCUT2D eigenvalue weighted by atomic mass is 9.97. The molecular formula is C16H17ClN4O. The summed E-state index contributed by atoms with van der Waals surface area (Å²) in [6.45, 7) is 1.50. The van der Waals surface area contributed by atoms with Gasteiger partial charge in [0.2, 0.25) is 11.9 Å². The van der Waals surface area contributed by atoms with Crippen molar-refractivity contribution in [3.63, 3.8) is 0 Å². The number of carbonyl (C=O) groups is 1. The van der Waals surface area contributed by atoms with Crippen LogP contribution in [0.3, 0.4) is 0 Å². The van der Waals surface area contributed by atoms with Crippen LogP contribution in [0, 0.1) is 5.92 Å². The fourth-order valence-corrected chi connectivity index (χ4v) is 2.81. The van der Waals surface area contributed by atoms with Crippen LogP contribution < -0.4 is 10.2 Å². The third-order valence-corrected chi connectivity index (χ3v) is 4.09. The third-order valence-electron chi connectivity index (χ3n) is 3.76. The van der Waals surface area contributed by atoms with Crippen molar-refractivity contribution in [3.8, 4) is 0 Å². The average Bonchev–Trinajstić information content (AvgIpc) is 2.58. The fraction of sp³-hybridized carbons (Fsp3) is 0.312. The van der Waals surface area contributed by atoms with Gasteiger partial charge in [0, 0.05) is 25.5 Å². The van der Waals surface area contributed by atoms with Crippen LogP contribution in [0.1, 0.15) is 12.8 Å². The molecule has 1 atom stereocenters. The Labute approximate surface area is 134 Å². The second kappa shape index (κ2) is 6.75. The van der Waals surface area contributed by atoms with Gasteiger partial charge >= 0.3 is 0 Å². The first kappa shape index (κ1) is 14.8. The summed E-state index contributed by atoms with van der Waals surface area (Å²) >= 11 is 6.09. The number of halogens is 1. The minimum absolute atomic E-state index is 0.00580. The zero-order valence-electron chi connectivity index (χ0n) is 12.1. The van der Waals surface area contributed by atoms with Crippen LogP contribution in [-0.4, -0.2) is 29.0 Å². The number of benzene rings is 1. The van der Waals surface area contributed by atoms with Crippen molar-refractivity contribution < 1.29 is 4.79 Å². The summed E-state index contributed by atoms with van der Waals surface area (Å²) in [4.78, 5) is 23.0. The van der Waals surface area contributed by atoms with E-state index in [9.17, 15) is 4.79 Å². The van der Waals surface area contributed by atoms with E-state index in [-0.39, 0.29) is 11.8 Å². The van der Waals surface area contributed by atoms with E-state index in [0.29, 0.717) is 23.2 Å². The van der Waals surface area contributed by atoms with E-state index in [1.54, 1.807) is 30.6 Å². The molecular weight excluding hydrogens is 300 g/mol. The number of nitrogens with zero attached hydrogens (tertiary/aromatic N) is 3. The number of anilines is 2. The van der Waals surface area contributed by atoms with E-state index in [2.05, 4.69) is 20.2 Å². The zero-order chi connectivity index (χ0) is 15.4. The topological polar surface area (TPSA) is 58.1 Å². The minimum atomic E-state index is -0.0890. The summed E-state index contributed by atoms with van der Waals surface area (Å²) in [5.74, 6) is 0.584. The second-order valence-electron chi connectivity index (χ2n) is 5.30. The molecule has 6 heteroatoms. The van der Waals surface area contributed by atoms with Crippen molar-refractivity contribution >= 4 is 29.1 Å². The number of rotatable bonds is 3. The average molecular weight is 317 g/mol. The van der Waals surface area contributed by atoms with Gasteiger partial charge in [-0.3, -0.25) is 4.79 Å². The number of aromatic nitrogens is 2. The maximum atomic E-state index is 12.5. The molecule has 1 aromatic carbocycles. The van der Waals surface area contributed by atoms with Crippen LogP contribution in [0.4, 0.5) is 11.6 Å². The summed E-state index contributed by atoms with van der Waals surface area (Å²) in [6, 6.07) is 9.05. The minimum Gasteiger partial charge on any atom is -0.340 e. The highest BCUT2D eigenvalue weighted by atomic mass is 35.5. The van der Waals surface area contributed by atoms with Crippen molar-refractivity contribution in [1.82, 2.24) is 9.97 Å². The SMILES string of the molecule is O=C(Nc1ccccc1Cl)[C@@H]1CCCN(c2ncccn2)C1. The quantitative estimate of drug-likeness (QED) is 0.945. The highest BCUT2D eigenvalue weighted by Crippen LogP contribution is 2.24. The van der Waals surface area contributed by atoms with Crippen LogP contribution >= 0.6 is 11.6 Å². The number of amides is 1. The molecule has 1 saturated heterocycles. The Hall–Kier alpha value is -2.14. The molecule has 1 amide bonds. The molecule has 5 nitrogen and oxygen atoms in total. The summed E-state index contributed by atoms with van der Waals surface area (Å²) in [6.07, 6.45) is 5.24. The maximum absolute atomic E-state index is 12.5. The normalized spacial score (nSPS) is 18.0. The summed E-state index contributed by atoms with van der Waals surface area (Å²) < 4.78 is 0. The predicted molar refractivity (Wildman–Crippen MR) is 87.1 cm³/mol. The molecule has 0 saturated carbocycles. The number of nitrogens with one attached hydrogen (secondary N) is 1. The molecule has 0 bridgehead atoms. The van der Waals surface area contributed by atoms with E-state index in [1.165, 1.54) is 0 Å². The number of hydrogen-bond donors (Lipinski definition) is 1. The fourth-order valence-electron chi connectivity index (χ4n) is 2.62. The van der Waals surface area contributed by atoms with Crippen LogP contribution in [0.5, 0.6) is 0 Å². The van der Waals surface area contributed by atoms with Gasteiger partial charge in [0.1, 0.15) is 0 Å². The number of carbonyl (C=O) groups excluding carboxylic acids is 1. The van der Waals surface area contributed by atoms with Gasteiger partial charge in [0.05, 0.1) is 16.6 Å². The molecule has 3 rings (SSSR count). The molecule has 0 spiro atoms. The van der Waals surface area contributed by atoms with Gasteiger partial charge in [-0.15, -0.1) is 0 Å². The van der Waals surface area contributed by atoms with Crippen LogP contribution in [0.2, 0.25) is 5.02 Å². The number of para-hydroxylation sites is 1. The predicted octanol–water partition coefficient (Wildman–Crippen LogP) is 2.99. The van der Waals surface area contributed by atoms with Gasteiger partial charge in [0.15, 0.2) is 0 Å². The molecule has 1 fully saturated rings. The molecule has 1 aromatic heterocycles. The molecule has 0 radical (unpaired) electrons. The molecule has 2 aromatic rings. The molecule has 114 valence electrons. The van der Waals surface area contributed by atoms with Gasteiger partial charge < -0.3 is 10.2 Å². The van der Waals surface area contributed by atoms with Crippen molar-refractivity contribution in [2.75, 3.05) is 23.3 Å². The van der Waals surface area contributed by atoms with Crippen molar-refractivity contribution in [2.45, 2.75) is 12.8 Å². The number of piperidine rings is 1. The molecule has 1 N–H and O–H groups in total. The molecule has 0 aliphatic carbocycles. The van der Waals surface area contributed by atoms with Gasteiger partial charge in [-0.2, -0.15) is 0 Å². The van der Waals surface area contributed by atoms with E-state index >= 15 is 0 Å². The lowest BCUT2D eigenvalue weighted by molar-refractivity contribution is -0.120. The highest BCUT2D eigenvalue weighted by Gasteiger charge is 2.27. The molecule has 0 unspecified atom stereocenters. The van der Waals surface area contributed by atoms with Crippen molar-refractivity contribution in [1.29, 1.82) is 0 Å². The van der Waals surface area contributed by atoms with Gasteiger partial charge in [0.25, 0.3) is 0 Å². The van der Waals surface area contributed by atoms with Gasteiger partial charge in [-0.25, -0.2) is 9.97 Å². The monoisotopic (exact) mass is 316 g/mol. The Balaban J connectivity index is 1.67. The second-order valence-corrected chi connectivity index (χ2v) is 5.71. The van der Waals surface area contributed by atoms with Gasteiger partial charge in [-0.1, -0.05) is 23.7 Å². The van der Waals surface area contributed by atoms with Crippen molar-refractivity contribution in [2.24, 2.45) is 5.92 Å². The van der Waals surface area contributed by atoms with E-state index in [1.807, 2.05) is 12.1 Å². The summed E-state index contributed by atoms with van der Waals surface area (Å²) in [5, 5.41) is 3.46. The zero-order valence-corrected chi connectivity index (χ0v) is 12.8. The maximum Gasteiger partial charge on any atom is 0.229 e. The van der Waals surface area contributed by atoms with E-state index in [0.717, 1.165) is 19.4 Å². The molecule has 2 heterocycles. The van der Waals surface area contributed by atoms with Crippen molar-refractivity contribution in [3.05, 3.63) is 47.7 Å². The van der Waals surface area contributed by atoms with Crippen LogP contribution in [0.25, 0.3) is 0 Å². The first-order valence-electron chi connectivity index (χ1n) is 7.31.